The van der Waals surface area contributed by atoms with Crippen LogP contribution in [0.25, 0.3) is 0 Å². The van der Waals surface area contributed by atoms with Gasteiger partial charge in [0, 0.05) is 28.4 Å². The molecule has 0 atom stereocenters. The van der Waals surface area contributed by atoms with Gasteiger partial charge in [0.05, 0.1) is 10.7 Å². The van der Waals surface area contributed by atoms with Crippen LogP contribution in [0.1, 0.15) is 37.0 Å². The van der Waals surface area contributed by atoms with Gasteiger partial charge >= 0.3 is 0 Å². The molecule has 2 nitrogen and oxygen atoms in total. The molecule has 0 unspecified atom stereocenters. The van der Waals surface area contributed by atoms with Crippen molar-refractivity contribution < 1.29 is 0 Å². The number of hydrogen-bond donors (Lipinski definition) is 1. The highest BCUT2D eigenvalue weighted by atomic mass is 79.9. The number of nitrogens with zero attached hydrogens (tertiary/aromatic N) is 1. The van der Waals surface area contributed by atoms with Crippen LogP contribution < -0.4 is 5.32 Å². The van der Waals surface area contributed by atoms with Crippen molar-refractivity contribution in [2.75, 3.05) is 0 Å². The Morgan fingerprint density at radius 2 is 1.95 bits per heavy atom. The van der Waals surface area contributed by atoms with Gasteiger partial charge in [0.2, 0.25) is 0 Å². The van der Waals surface area contributed by atoms with Crippen LogP contribution >= 0.6 is 27.3 Å². The van der Waals surface area contributed by atoms with E-state index in [1.807, 2.05) is 6.07 Å². The molecule has 0 radical (unpaired) electrons. The Kier molecular flexibility index (Phi) is 4.76. The van der Waals surface area contributed by atoms with Gasteiger partial charge in [-0.3, -0.25) is 0 Å². The number of benzene rings is 1. The minimum Gasteiger partial charge on any atom is -0.307 e. The number of thiazole rings is 1. The molecule has 1 aromatic carbocycles. The number of halogens is 1. The van der Waals surface area contributed by atoms with Crippen molar-refractivity contribution in [3.05, 3.63) is 50.4 Å². The highest BCUT2D eigenvalue weighted by molar-refractivity contribution is 9.10. The van der Waals surface area contributed by atoms with E-state index >= 15 is 0 Å². The van der Waals surface area contributed by atoms with Gasteiger partial charge in [0.25, 0.3) is 0 Å². The standard InChI is InChI=1S/C15H19BrN2S/c1-15(2,3)14-18-12(10-19-14)9-17-8-11-6-4-5-7-13(11)16/h4-7,10,17H,8-9H2,1-3H3. The molecule has 1 aromatic heterocycles. The van der Waals surface area contributed by atoms with Gasteiger partial charge in [-0.25, -0.2) is 4.98 Å². The third-order valence-corrected chi connectivity index (χ3v) is 4.86. The number of nitrogens with one attached hydrogen (secondary N) is 1. The van der Waals surface area contributed by atoms with Crippen LogP contribution in [0.2, 0.25) is 0 Å². The molecule has 2 rings (SSSR count). The second-order valence-corrected chi connectivity index (χ2v) is 7.30. The van der Waals surface area contributed by atoms with Gasteiger partial charge in [0.1, 0.15) is 0 Å². The van der Waals surface area contributed by atoms with Crippen LogP contribution in [0.5, 0.6) is 0 Å². The van der Waals surface area contributed by atoms with Gasteiger partial charge in [-0.2, -0.15) is 0 Å². The summed E-state index contributed by atoms with van der Waals surface area (Å²) in [5.41, 5.74) is 2.54. The van der Waals surface area contributed by atoms with Crippen molar-refractivity contribution in [2.24, 2.45) is 0 Å². The summed E-state index contributed by atoms with van der Waals surface area (Å²) in [6, 6.07) is 8.28. The van der Waals surface area contributed by atoms with Crippen molar-refractivity contribution in [3.8, 4) is 0 Å². The van der Waals surface area contributed by atoms with E-state index in [2.05, 4.69) is 70.6 Å². The molecule has 2 aromatic rings. The highest BCUT2D eigenvalue weighted by Gasteiger charge is 2.17. The number of aromatic nitrogens is 1. The summed E-state index contributed by atoms with van der Waals surface area (Å²) < 4.78 is 1.15. The fourth-order valence-corrected chi connectivity index (χ4v) is 3.03. The van der Waals surface area contributed by atoms with Crippen LogP contribution in [0.15, 0.2) is 34.1 Å². The van der Waals surface area contributed by atoms with Gasteiger partial charge < -0.3 is 5.32 Å². The second kappa shape index (κ2) is 6.16. The molecule has 0 saturated heterocycles. The smallest absolute Gasteiger partial charge is 0.0982 e. The molecule has 0 aliphatic carbocycles. The Morgan fingerprint density at radius 3 is 2.58 bits per heavy atom. The minimum absolute atomic E-state index is 0.144. The van der Waals surface area contributed by atoms with E-state index in [-0.39, 0.29) is 5.41 Å². The van der Waals surface area contributed by atoms with E-state index < -0.39 is 0 Å². The average molecular weight is 339 g/mol. The molecular weight excluding hydrogens is 320 g/mol. The number of hydrogen-bond acceptors (Lipinski definition) is 3. The van der Waals surface area contributed by atoms with Crippen molar-refractivity contribution in [1.82, 2.24) is 10.3 Å². The SMILES string of the molecule is CC(C)(C)c1nc(CNCc2ccccc2Br)cs1. The molecule has 0 saturated carbocycles. The zero-order valence-electron chi connectivity index (χ0n) is 11.5. The molecule has 0 aliphatic heterocycles. The fourth-order valence-electron chi connectivity index (χ4n) is 1.70. The van der Waals surface area contributed by atoms with Gasteiger partial charge in [-0.05, 0) is 11.6 Å². The first kappa shape index (κ1) is 14.7. The molecule has 0 bridgehead atoms. The van der Waals surface area contributed by atoms with Crippen LogP contribution in [0.3, 0.4) is 0 Å². The van der Waals surface area contributed by atoms with Gasteiger partial charge in [-0.1, -0.05) is 54.9 Å². The average Bonchev–Trinajstić information content (AvgIpc) is 2.80. The molecule has 19 heavy (non-hydrogen) atoms. The predicted octanol–water partition coefficient (Wildman–Crippen LogP) is 4.49. The van der Waals surface area contributed by atoms with Crippen molar-refractivity contribution >= 4 is 27.3 Å². The first-order valence-corrected chi connectivity index (χ1v) is 8.03. The summed E-state index contributed by atoms with van der Waals surface area (Å²) in [4.78, 5) is 4.68. The third-order valence-electron chi connectivity index (χ3n) is 2.77. The molecule has 102 valence electrons. The lowest BCUT2D eigenvalue weighted by Crippen LogP contribution is -2.14. The highest BCUT2D eigenvalue weighted by Crippen LogP contribution is 2.25. The lowest BCUT2D eigenvalue weighted by atomic mass is 9.98. The monoisotopic (exact) mass is 338 g/mol. The van der Waals surface area contributed by atoms with E-state index in [1.54, 1.807) is 11.3 Å². The Labute approximate surface area is 127 Å². The predicted molar refractivity (Wildman–Crippen MR) is 85.5 cm³/mol. The Bertz CT molecular complexity index is 543. The lowest BCUT2D eigenvalue weighted by molar-refractivity contribution is 0.579. The Balaban J connectivity index is 1.90. The first-order chi connectivity index (χ1) is 8.97. The van der Waals surface area contributed by atoms with E-state index in [1.165, 1.54) is 10.6 Å². The van der Waals surface area contributed by atoms with E-state index in [0.29, 0.717) is 0 Å². The van der Waals surface area contributed by atoms with Crippen LogP contribution in [-0.2, 0) is 18.5 Å². The van der Waals surface area contributed by atoms with Crippen molar-refractivity contribution in [2.45, 2.75) is 39.3 Å². The van der Waals surface area contributed by atoms with Crippen LogP contribution in [0.4, 0.5) is 0 Å². The Morgan fingerprint density at radius 1 is 1.21 bits per heavy atom. The largest absolute Gasteiger partial charge is 0.307 e. The quantitative estimate of drug-likeness (QED) is 0.888. The summed E-state index contributed by atoms with van der Waals surface area (Å²) in [5, 5.41) is 6.78. The minimum atomic E-state index is 0.144. The summed E-state index contributed by atoms with van der Waals surface area (Å²) in [5.74, 6) is 0. The van der Waals surface area contributed by atoms with E-state index in [0.717, 1.165) is 23.3 Å². The normalized spacial score (nSPS) is 11.8. The maximum atomic E-state index is 4.68. The molecule has 4 heteroatoms. The van der Waals surface area contributed by atoms with Crippen LogP contribution in [0, 0.1) is 0 Å². The second-order valence-electron chi connectivity index (χ2n) is 5.59. The molecule has 0 fully saturated rings. The molecule has 1 heterocycles. The molecule has 0 amide bonds. The Hall–Kier alpha value is -0.710. The van der Waals surface area contributed by atoms with Gasteiger partial charge in [-0.15, -0.1) is 11.3 Å². The molecule has 1 N–H and O–H groups in total. The zero-order valence-corrected chi connectivity index (χ0v) is 13.9. The summed E-state index contributed by atoms with van der Waals surface area (Å²) in [6.45, 7) is 8.26. The first-order valence-electron chi connectivity index (χ1n) is 6.36. The van der Waals surface area contributed by atoms with E-state index in [4.69, 9.17) is 0 Å². The van der Waals surface area contributed by atoms with Crippen LogP contribution in [-0.4, -0.2) is 4.98 Å². The molecule has 0 spiro atoms. The zero-order chi connectivity index (χ0) is 13.9. The summed E-state index contributed by atoms with van der Waals surface area (Å²) >= 11 is 5.30. The summed E-state index contributed by atoms with van der Waals surface area (Å²) in [7, 11) is 0. The van der Waals surface area contributed by atoms with Gasteiger partial charge in [0.15, 0.2) is 0 Å². The molecular formula is C15H19BrN2S. The van der Waals surface area contributed by atoms with E-state index in [9.17, 15) is 0 Å². The number of rotatable bonds is 4. The van der Waals surface area contributed by atoms with Crippen molar-refractivity contribution in [3.63, 3.8) is 0 Å². The molecule has 0 aliphatic rings. The lowest BCUT2D eigenvalue weighted by Gasteiger charge is -2.13. The maximum absolute atomic E-state index is 4.68. The van der Waals surface area contributed by atoms with Crippen molar-refractivity contribution in [1.29, 1.82) is 0 Å². The fraction of sp³-hybridized carbons (Fsp3) is 0.400. The summed E-state index contributed by atoms with van der Waals surface area (Å²) in [6.07, 6.45) is 0. The topological polar surface area (TPSA) is 24.9 Å². The third kappa shape index (κ3) is 4.13. The maximum Gasteiger partial charge on any atom is 0.0982 e.